The second-order valence-electron chi connectivity index (χ2n) is 4.53. The Hall–Kier alpha value is -2.95. The number of hydrogen-bond donors (Lipinski definition) is 1. The van der Waals surface area contributed by atoms with E-state index < -0.39 is 0 Å². The number of rotatable bonds is 1. The highest BCUT2D eigenvalue weighted by Crippen LogP contribution is 2.23. The predicted molar refractivity (Wildman–Crippen MR) is 75.4 cm³/mol. The monoisotopic (exact) mass is 262 g/mol. The van der Waals surface area contributed by atoms with E-state index in [0.717, 1.165) is 22.1 Å². The summed E-state index contributed by atoms with van der Waals surface area (Å²) in [5.74, 6) is 0.935. The standard InChI is InChI=1S/C15H10N4O/c20-11-7-5-10(6-8-11)14-17-18-15-12-3-1-2-4-13(12)16-9-19(14)15/h1-9,20H. The predicted octanol–water partition coefficient (Wildman–Crippen LogP) is 2.65. The first-order valence-electron chi connectivity index (χ1n) is 6.21. The Bertz CT molecular complexity index is 912. The lowest BCUT2D eigenvalue weighted by Gasteiger charge is -2.02. The van der Waals surface area contributed by atoms with Crippen LogP contribution in [0.25, 0.3) is 27.9 Å². The summed E-state index contributed by atoms with van der Waals surface area (Å²) in [6, 6.07) is 14.7. The maximum absolute atomic E-state index is 9.35. The highest BCUT2D eigenvalue weighted by atomic mass is 16.3. The number of para-hydroxylation sites is 1. The van der Waals surface area contributed by atoms with Crippen molar-refractivity contribution in [3.8, 4) is 17.1 Å². The van der Waals surface area contributed by atoms with Crippen molar-refractivity contribution in [3.63, 3.8) is 0 Å². The van der Waals surface area contributed by atoms with Crippen molar-refractivity contribution >= 4 is 16.6 Å². The molecular formula is C15H10N4O. The Balaban J connectivity index is 2.02. The van der Waals surface area contributed by atoms with Crippen LogP contribution in [0.2, 0.25) is 0 Å². The number of hydrogen-bond acceptors (Lipinski definition) is 4. The van der Waals surface area contributed by atoms with E-state index in [4.69, 9.17) is 0 Å². The van der Waals surface area contributed by atoms with E-state index in [1.165, 1.54) is 0 Å². The van der Waals surface area contributed by atoms with Gasteiger partial charge in [-0.25, -0.2) is 4.98 Å². The van der Waals surface area contributed by atoms with Crippen LogP contribution in [-0.2, 0) is 0 Å². The van der Waals surface area contributed by atoms with E-state index in [1.807, 2.05) is 28.7 Å². The fraction of sp³-hybridized carbons (Fsp3) is 0. The number of aromatic nitrogens is 4. The number of aromatic hydroxyl groups is 1. The average Bonchev–Trinajstić information content (AvgIpc) is 2.92. The van der Waals surface area contributed by atoms with Crippen molar-refractivity contribution in [3.05, 3.63) is 54.9 Å². The minimum atomic E-state index is 0.228. The summed E-state index contributed by atoms with van der Waals surface area (Å²) in [6.07, 6.45) is 1.72. The normalized spacial score (nSPS) is 11.2. The van der Waals surface area contributed by atoms with Crippen molar-refractivity contribution in [2.75, 3.05) is 0 Å². The van der Waals surface area contributed by atoms with Crippen molar-refractivity contribution in [1.82, 2.24) is 19.6 Å². The maximum atomic E-state index is 9.35. The molecule has 5 heteroatoms. The van der Waals surface area contributed by atoms with Crippen LogP contribution in [-0.4, -0.2) is 24.7 Å². The lowest BCUT2D eigenvalue weighted by atomic mass is 10.2. The van der Waals surface area contributed by atoms with Crippen LogP contribution in [0.5, 0.6) is 5.75 Å². The fourth-order valence-corrected chi connectivity index (χ4v) is 2.29. The van der Waals surface area contributed by atoms with Crippen molar-refractivity contribution in [2.45, 2.75) is 0 Å². The smallest absolute Gasteiger partial charge is 0.171 e. The van der Waals surface area contributed by atoms with Crippen molar-refractivity contribution in [1.29, 1.82) is 0 Å². The van der Waals surface area contributed by atoms with Crippen LogP contribution in [0.4, 0.5) is 0 Å². The molecule has 0 fully saturated rings. The van der Waals surface area contributed by atoms with E-state index in [0.29, 0.717) is 5.82 Å². The molecule has 0 aliphatic rings. The number of phenols is 1. The Kier molecular flexibility index (Phi) is 2.20. The van der Waals surface area contributed by atoms with E-state index >= 15 is 0 Å². The van der Waals surface area contributed by atoms with Crippen molar-refractivity contribution in [2.24, 2.45) is 0 Å². The van der Waals surface area contributed by atoms with E-state index in [-0.39, 0.29) is 5.75 Å². The molecule has 0 saturated heterocycles. The van der Waals surface area contributed by atoms with Crippen LogP contribution in [0.3, 0.4) is 0 Å². The van der Waals surface area contributed by atoms with Crippen LogP contribution < -0.4 is 0 Å². The number of fused-ring (bicyclic) bond motifs is 3. The largest absolute Gasteiger partial charge is 0.508 e. The minimum absolute atomic E-state index is 0.228. The van der Waals surface area contributed by atoms with Gasteiger partial charge in [0.15, 0.2) is 11.5 Å². The molecule has 0 spiro atoms. The van der Waals surface area contributed by atoms with Crippen LogP contribution >= 0.6 is 0 Å². The molecule has 0 amide bonds. The SMILES string of the molecule is Oc1ccc(-c2nnc3c4ccccc4ncn23)cc1. The summed E-state index contributed by atoms with van der Waals surface area (Å²) >= 11 is 0. The molecule has 2 aromatic heterocycles. The molecule has 0 unspecified atom stereocenters. The Morgan fingerprint density at radius 2 is 1.70 bits per heavy atom. The van der Waals surface area contributed by atoms with E-state index in [2.05, 4.69) is 15.2 Å². The van der Waals surface area contributed by atoms with Gasteiger partial charge in [0.05, 0.1) is 5.52 Å². The highest BCUT2D eigenvalue weighted by molar-refractivity contribution is 5.91. The molecule has 4 rings (SSSR count). The van der Waals surface area contributed by atoms with Gasteiger partial charge >= 0.3 is 0 Å². The van der Waals surface area contributed by atoms with Crippen LogP contribution in [0, 0.1) is 0 Å². The molecule has 96 valence electrons. The zero-order chi connectivity index (χ0) is 13.5. The first-order chi connectivity index (χ1) is 9.83. The summed E-state index contributed by atoms with van der Waals surface area (Å²) in [4.78, 5) is 4.42. The molecule has 0 aliphatic heterocycles. The summed E-state index contributed by atoms with van der Waals surface area (Å²) < 4.78 is 1.86. The molecule has 2 aromatic carbocycles. The maximum Gasteiger partial charge on any atom is 0.171 e. The number of phenolic OH excluding ortho intramolecular Hbond substituents is 1. The fourth-order valence-electron chi connectivity index (χ4n) is 2.29. The molecule has 4 aromatic rings. The molecule has 0 bridgehead atoms. The molecule has 2 heterocycles. The lowest BCUT2D eigenvalue weighted by molar-refractivity contribution is 0.475. The molecule has 20 heavy (non-hydrogen) atoms. The van der Waals surface area contributed by atoms with Gasteiger partial charge in [-0.1, -0.05) is 12.1 Å². The van der Waals surface area contributed by atoms with Gasteiger partial charge in [-0.05, 0) is 36.4 Å². The topological polar surface area (TPSA) is 63.3 Å². The van der Waals surface area contributed by atoms with Crippen LogP contribution in [0.15, 0.2) is 54.9 Å². The second kappa shape index (κ2) is 4.03. The molecule has 5 nitrogen and oxygen atoms in total. The van der Waals surface area contributed by atoms with Gasteiger partial charge in [0.1, 0.15) is 12.1 Å². The highest BCUT2D eigenvalue weighted by Gasteiger charge is 2.10. The Morgan fingerprint density at radius 3 is 2.55 bits per heavy atom. The number of nitrogens with zero attached hydrogens (tertiary/aromatic N) is 4. The molecular weight excluding hydrogens is 252 g/mol. The summed E-state index contributed by atoms with van der Waals surface area (Å²) in [6.45, 7) is 0. The lowest BCUT2D eigenvalue weighted by Crippen LogP contribution is -1.92. The van der Waals surface area contributed by atoms with Gasteiger partial charge in [0, 0.05) is 10.9 Å². The molecule has 0 radical (unpaired) electrons. The average molecular weight is 262 g/mol. The Morgan fingerprint density at radius 1 is 0.900 bits per heavy atom. The second-order valence-corrected chi connectivity index (χ2v) is 4.53. The third-order valence-corrected chi connectivity index (χ3v) is 3.28. The van der Waals surface area contributed by atoms with Gasteiger partial charge in [0.25, 0.3) is 0 Å². The minimum Gasteiger partial charge on any atom is -0.508 e. The Labute approximate surface area is 114 Å². The van der Waals surface area contributed by atoms with Gasteiger partial charge in [-0.2, -0.15) is 0 Å². The first-order valence-corrected chi connectivity index (χ1v) is 6.21. The quantitative estimate of drug-likeness (QED) is 0.572. The zero-order valence-corrected chi connectivity index (χ0v) is 10.4. The molecule has 0 saturated carbocycles. The van der Waals surface area contributed by atoms with E-state index in [1.54, 1.807) is 30.6 Å². The van der Waals surface area contributed by atoms with Gasteiger partial charge in [-0.15, -0.1) is 10.2 Å². The van der Waals surface area contributed by atoms with Gasteiger partial charge in [0.2, 0.25) is 0 Å². The summed E-state index contributed by atoms with van der Waals surface area (Å²) in [5.41, 5.74) is 2.55. The number of benzene rings is 2. The third-order valence-electron chi connectivity index (χ3n) is 3.28. The van der Waals surface area contributed by atoms with Gasteiger partial charge < -0.3 is 5.11 Å². The van der Waals surface area contributed by atoms with Crippen LogP contribution in [0.1, 0.15) is 0 Å². The molecule has 0 aliphatic carbocycles. The zero-order valence-electron chi connectivity index (χ0n) is 10.4. The van der Waals surface area contributed by atoms with Crippen molar-refractivity contribution < 1.29 is 5.11 Å². The summed E-state index contributed by atoms with van der Waals surface area (Å²) in [5, 5.41) is 18.8. The summed E-state index contributed by atoms with van der Waals surface area (Å²) in [7, 11) is 0. The third kappa shape index (κ3) is 1.53. The van der Waals surface area contributed by atoms with E-state index in [9.17, 15) is 5.11 Å². The van der Waals surface area contributed by atoms with Gasteiger partial charge in [-0.3, -0.25) is 4.40 Å². The molecule has 0 atom stereocenters. The first kappa shape index (κ1) is 10.9. The molecule has 1 N–H and O–H groups in total.